The van der Waals surface area contributed by atoms with Crippen LogP contribution in [0.4, 0.5) is 5.82 Å². The number of anilines is 1. The predicted octanol–water partition coefficient (Wildman–Crippen LogP) is 5.32. The maximum absolute atomic E-state index is 13.5. The summed E-state index contributed by atoms with van der Waals surface area (Å²) in [7, 11) is 3.81. The molecule has 32 heavy (non-hydrogen) atoms. The van der Waals surface area contributed by atoms with E-state index < -0.39 is 0 Å². The van der Waals surface area contributed by atoms with Gasteiger partial charge >= 0.3 is 0 Å². The van der Waals surface area contributed by atoms with Crippen molar-refractivity contribution in [1.82, 2.24) is 14.5 Å². The minimum atomic E-state index is -0.203. The Kier molecular flexibility index (Phi) is 4.02. The highest BCUT2D eigenvalue weighted by Gasteiger charge is 2.53. The number of nitrogens with zero attached hydrogens (tertiary/aromatic N) is 3. The number of benzene rings is 2. The van der Waals surface area contributed by atoms with Crippen LogP contribution in [-0.4, -0.2) is 34.5 Å². The van der Waals surface area contributed by atoms with E-state index in [1.165, 1.54) is 5.56 Å². The standard InChI is InChI=1S/C27H24N4O/c1-28-25-11-9-20(16-29-25)19-8-10-22-23(14-19)31-17-21(18-6-4-3-5-7-18)15-24(31)26(32)30(2)27(22)12-13-27/h3-11,14-17H,12-13H2,1-2H3,(H,28,29). The maximum atomic E-state index is 13.5. The molecule has 5 heteroatoms. The Hall–Kier alpha value is -3.86. The molecule has 1 N–H and O–H groups in total. The molecule has 2 aliphatic rings. The van der Waals surface area contributed by atoms with Crippen LogP contribution < -0.4 is 5.32 Å². The van der Waals surface area contributed by atoms with Crippen molar-refractivity contribution in [3.05, 3.63) is 90.4 Å². The largest absolute Gasteiger partial charge is 0.373 e. The summed E-state index contributed by atoms with van der Waals surface area (Å²) in [4.78, 5) is 19.9. The molecule has 1 aliphatic heterocycles. The highest BCUT2D eigenvalue weighted by atomic mass is 16.2. The topological polar surface area (TPSA) is 50.2 Å². The summed E-state index contributed by atoms with van der Waals surface area (Å²) in [6.07, 6.45) is 5.98. The fourth-order valence-electron chi connectivity index (χ4n) is 4.90. The lowest BCUT2D eigenvalue weighted by atomic mass is 9.97. The van der Waals surface area contributed by atoms with Crippen molar-refractivity contribution in [2.45, 2.75) is 18.4 Å². The Bertz CT molecular complexity index is 1330. The second-order valence-electron chi connectivity index (χ2n) is 8.66. The van der Waals surface area contributed by atoms with E-state index in [0.29, 0.717) is 5.69 Å². The van der Waals surface area contributed by atoms with Crippen LogP contribution in [-0.2, 0) is 5.54 Å². The van der Waals surface area contributed by atoms with E-state index in [1.807, 2.05) is 55.5 Å². The third-order valence-electron chi connectivity index (χ3n) is 6.93. The molecule has 2 aromatic heterocycles. The first kappa shape index (κ1) is 18.9. The number of nitrogens with one attached hydrogen (secondary N) is 1. The molecule has 1 fully saturated rings. The summed E-state index contributed by atoms with van der Waals surface area (Å²) >= 11 is 0. The first-order valence-corrected chi connectivity index (χ1v) is 11.0. The van der Waals surface area contributed by atoms with Crippen LogP contribution in [0.3, 0.4) is 0 Å². The fraction of sp³-hybridized carbons (Fsp3) is 0.185. The van der Waals surface area contributed by atoms with Crippen molar-refractivity contribution in [1.29, 1.82) is 0 Å². The smallest absolute Gasteiger partial charge is 0.271 e. The summed E-state index contributed by atoms with van der Waals surface area (Å²) in [5, 5.41) is 3.07. The first-order chi connectivity index (χ1) is 15.6. The van der Waals surface area contributed by atoms with Gasteiger partial charge in [-0.25, -0.2) is 4.98 Å². The number of aromatic nitrogens is 2. The summed E-state index contributed by atoms with van der Waals surface area (Å²) in [6.45, 7) is 0. The lowest BCUT2D eigenvalue weighted by molar-refractivity contribution is 0.0705. The van der Waals surface area contributed by atoms with Gasteiger partial charge in [-0.3, -0.25) is 4.79 Å². The number of fused-ring (bicyclic) bond motifs is 4. The van der Waals surface area contributed by atoms with Gasteiger partial charge in [0.15, 0.2) is 0 Å². The van der Waals surface area contributed by atoms with E-state index in [2.05, 4.69) is 57.5 Å². The number of pyridine rings is 1. The van der Waals surface area contributed by atoms with Crippen LogP contribution in [0.5, 0.6) is 0 Å². The van der Waals surface area contributed by atoms with Crippen LogP contribution in [0.2, 0.25) is 0 Å². The highest BCUT2D eigenvalue weighted by Crippen LogP contribution is 2.54. The third kappa shape index (κ3) is 2.71. The Labute approximate surface area is 187 Å². The van der Waals surface area contributed by atoms with E-state index in [0.717, 1.165) is 46.6 Å². The second-order valence-corrected chi connectivity index (χ2v) is 8.66. The van der Waals surface area contributed by atoms with Gasteiger partial charge in [0, 0.05) is 43.2 Å². The SMILES string of the molecule is CNc1ccc(-c2ccc3c(c2)-n2cc(-c4ccccc4)cc2C(=O)N(C)C32CC2)cn1. The van der Waals surface area contributed by atoms with Gasteiger partial charge in [0.2, 0.25) is 0 Å². The van der Waals surface area contributed by atoms with Crippen molar-refractivity contribution in [3.8, 4) is 27.9 Å². The van der Waals surface area contributed by atoms with Gasteiger partial charge in [0.1, 0.15) is 11.5 Å². The van der Waals surface area contributed by atoms with E-state index in [-0.39, 0.29) is 11.4 Å². The van der Waals surface area contributed by atoms with Crippen molar-refractivity contribution in [2.24, 2.45) is 0 Å². The van der Waals surface area contributed by atoms with Crippen LogP contribution in [0.15, 0.2) is 79.1 Å². The van der Waals surface area contributed by atoms with Gasteiger partial charge in [0.25, 0.3) is 5.91 Å². The molecular weight excluding hydrogens is 396 g/mol. The van der Waals surface area contributed by atoms with Gasteiger partial charge < -0.3 is 14.8 Å². The van der Waals surface area contributed by atoms with Crippen molar-refractivity contribution in [3.63, 3.8) is 0 Å². The van der Waals surface area contributed by atoms with Crippen LogP contribution in [0.1, 0.15) is 28.9 Å². The minimum Gasteiger partial charge on any atom is -0.373 e. The average Bonchev–Trinajstić information content (AvgIpc) is 3.55. The zero-order valence-corrected chi connectivity index (χ0v) is 18.2. The molecule has 0 unspecified atom stereocenters. The van der Waals surface area contributed by atoms with Gasteiger partial charge in [-0.1, -0.05) is 42.5 Å². The van der Waals surface area contributed by atoms with Gasteiger partial charge in [0.05, 0.1) is 11.2 Å². The number of rotatable bonds is 3. The fourth-order valence-corrected chi connectivity index (χ4v) is 4.90. The average molecular weight is 421 g/mol. The Morgan fingerprint density at radius 2 is 1.69 bits per heavy atom. The van der Waals surface area contributed by atoms with Gasteiger partial charge in [-0.2, -0.15) is 0 Å². The van der Waals surface area contributed by atoms with Crippen LogP contribution in [0, 0.1) is 0 Å². The number of hydrogen-bond donors (Lipinski definition) is 1. The molecule has 0 radical (unpaired) electrons. The quantitative estimate of drug-likeness (QED) is 0.488. The molecule has 6 rings (SSSR count). The molecule has 1 saturated carbocycles. The van der Waals surface area contributed by atoms with E-state index in [1.54, 1.807) is 0 Å². The zero-order valence-electron chi connectivity index (χ0n) is 18.2. The molecule has 4 aromatic rings. The summed E-state index contributed by atoms with van der Waals surface area (Å²) in [6, 6.07) is 22.9. The van der Waals surface area contributed by atoms with Crippen molar-refractivity contribution >= 4 is 11.7 Å². The Balaban J connectivity index is 1.56. The number of carbonyl (C=O) groups excluding carboxylic acids is 1. The molecule has 1 aliphatic carbocycles. The van der Waals surface area contributed by atoms with Crippen molar-refractivity contribution in [2.75, 3.05) is 19.4 Å². The maximum Gasteiger partial charge on any atom is 0.271 e. The normalized spacial score (nSPS) is 15.8. The summed E-state index contributed by atoms with van der Waals surface area (Å²) in [5.41, 5.74) is 7.09. The monoisotopic (exact) mass is 420 g/mol. The van der Waals surface area contributed by atoms with Gasteiger partial charge in [-0.05, 0) is 48.2 Å². The molecule has 0 saturated heterocycles. The van der Waals surface area contributed by atoms with Crippen LogP contribution in [0.25, 0.3) is 27.9 Å². The second kappa shape index (κ2) is 6.82. The summed E-state index contributed by atoms with van der Waals surface area (Å²) < 4.78 is 2.09. The van der Waals surface area contributed by atoms with Gasteiger partial charge in [-0.15, -0.1) is 0 Å². The number of carbonyl (C=O) groups is 1. The highest BCUT2D eigenvalue weighted by molar-refractivity contribution is 5.97. The Morgan fingerprint density at radius 1 is 0.906 bits per heavy atom. The molecule has 5 nitrogen and oxygen atoms in total. The first-order valence-electron chi connectivity index (χ1n) is 11.0. The molecule has 0 atom stereocenters. The van der Waals surface area contributed by atoms with E-state index >= 15 is 0 Å². The summed E-state index contributed by atoms with van der Waals surface area (Å²) in [5.74, 6) is 0.912. The molecule has 0 bridgehead atoms. The molecule has 1 amide bonds. The molecule has 3 heterocycles. The lowest BCUT2D eigenvalue weighted by Crippen LogP contribution is -2.36. The van der Waals surface area contributed by atoms with E-state index in [9.17, 15) is 4.79 Å². The molecule has 1 spiro atoms. The number of hydrogen-bond acceptors (Lipinski definition) is 3. The zero-order chi connectivity index (χ0) is 21.9. The molecule has 2 aromatic carbocycles. The lowest BCUT2D eigenvalue weighted by Gasteiger charge is -2.27. The minimum absolute atomic E-state index is 0.0717. The predicted molar refractivity (Wildman–Crippen MR) is 127 cm³/mol. The van der Waals surface area contributed by atoms with Crippen LogP contribution >= 0.6 is 0 Å². The molecular formula is C27H24N4O. The van der Waals surface area contributed by atoms with E-state index in [4.69, 9.17) is 0 Å². The molecule has 158 valence electrons. The Morgan fingerprint density at radius 3 is 2.38 bits per heavy atom. The van der Waals surface area contributed by atoms with Crippen molar-refractivity contribution < 1.29 is 4.79 Å². The number of amides is 1. The third-order valence-corrected chi connectivity index (χ3v) is 6.93.